The number of rotatable bonds is 7. The van der Waals surface area contributed by atoms with E-state index < -0.39 is 0 Å². The van der Waals surface area contributed by atoms with Crippen molar-refractivity contribution in [3.05, 3.63) is 36.4 Å². The van der Waals surface area contributed by atoms with Crippen LogP contribution in [0.25, 0.3) is 0 Å². The molecule has 0 spiro atoms. The zero-order valence-corrected chi connectivity index (χ0v) is 15.0. The number of amides is 1. The Morgan fingerprint density at radius 3 is 2.83 bits per heavy atom. The summed E-state index contributed by atoms with van der Waals surface area (Å²) < 4.78 is 11.0. The molecule has 0 heterocycles. The van der Waals surface area contributed by atoms with Crippen molar-refractivity contribution >= 4 is 5.91 Å². The lowest BCUT2D eigenvalue weighted by Gasteiger charge is -2.34. The van der Waals surface area contributed by atoms with Crippen LogP contribution in [0.5, 0.6) is 11.5 Å². The summed E-state index contributed by atoms with van der Waals surface area (Å²) in [6.45, 7) is 8.22. The first-order chi connectivity index (χ1) is 11.5. The molecule has 0 saturated heterocycles. The van der Waals surface area contributed by atoms with E-state index in [1.165, 1.54) is 12.8 Å². The molecule has 1 aliphatic rings. The molecule has 1 saturated carbocycles. The number of nitrogens with one attached hydrogen (secondary N) is 1. The summed E-state index contributed by atoms with van der Waals surface area (Å²) in [6, 6.07) is 5.97. The Kier molecular flexibility index (Phi) is 6.71. The van der Waals surface area contributed by atoms with Crippen molar-refractivity contribution in [3.63, 3.8) is 0 Å². The van der Waals surface area contributed by atoms with Crippen LogP contribution < -0.4 is 14.8 Å². The van der Waals surface area contributed by atoms with Gasteiger partial charge < -0.3 is 14.8 Å². The molecule has 132 valence electrons. The van der Waals surface area contributed by atoms with Crippen LogP contribution in [0.2, 0.25) is 0 Å². The third-order valence-corrected chi connectivity index (χ3v) is 5.02. The molecule has 24 heavy (non-hydrogen) atoms. The van der Waals surface area contributed by atoms with E-state index in [0.29, 0.717) is 23.3 Å². The monoisotopic (exact) mass is 331 g/mol. The van der Waals surface area contributed by atoms with E-state index in [2.05, 4.69) is 25.7 Å². The first-order valence-corrected chi connectivity index (χ1v) is 8.75. The summed E-state index contributed by atoms with van der Waals surface area (Å²) in [4.78, 5) is 12.2. The highest BCUT2D eigenvalue weighted by molar-refractivity contribution is 5.78. The van der Waals surface area contributed by atoms with Gasteiger partial charge in [-0.25, -0.2) is 0 Å². The van der Waals surface area contributed by atoms with Gasteiger partial charge in [-0.05, 0) is 42.4 Å². The quantitative estimate of drug-likeness (QED) is 0.774. The molecular weight excluding hydrogens is 302 g/mol. The van der Waals surface area contributed by atoms with E-state index in [9.17, 15) is 4.79 Å². The van der Waals surface area contributed by atoms with Gasteiger partial charge in [-0.3, -0.25) is 4.79 Å². The molecule has 3 atom stereocenters. The van der Waals surface area contributed by atoms with E-state index >= 15 is 0 Å². The molecular formula is C20H29NO3. The second-order valence-electron chi connectivity index (χ2n) is 6.71. The molecule has 0 radical (unpaired) electrons. The van der Waals surface area contributed by atoms with E-state index in [-0.39, 0.29) is 18.6 Å². The number of ether oxygens (including phenoxy) is 2. The predicted molar refractivity (Wildman–Crippen MR) is 96.5 cm³/mol. The van der Waals surface area contributed by atoms with E-state index in [4.69, 9.17) is 9.47 Å². The van der Waals surface area contributed by atoms with Gasteiger partial charge >= 0.3 is 0 Å². The molecule has 2 rings (SSSR count). The molecule has 3 unspecified atom stereocenters. The zero-order valence-electron chi connectivity index (χ0n) is 15.0. The number of hydrogen-bond acceptors (Lipinski definition) is 3. The highest BCUT2D eigenvalue weighted by Crippen LogP contribution is 2.30. The molecule has 1 amide bonds. The number of allylic oxidation sites excluding steroid dienone is 1. The molecule has 4 heteroatoms. The minimum absolute atomic E-state index is 0.00870. The number of hydrogen-bond donors (Lipinski definition) is 1. The number of carbonyl (C=O) groups excluding carboxylic acids is 1. The molecule has 4 nitrogen and oxygen atoms in total. The minimum Gasteiger partial charge on any atom is -0.493 e. The summed E-state index contributed by atoms with van der Waals surface area (Å²) in [5.74, 6) is 2.32. The van der Waals surface area contributed by atoms with Crippen LogP contribution in [0, 0.1) is 11.8 Å². The second kappa shape index (κ2) is 8.76. The largest absolute Gasteiger partial charge is 0.493 e. The Morgan fingerprint density at radius 1 is 1.33 bits per heavy atom. The number of carbonyl (C=O) groups is 1. The van der Waals surface area contributed by atoms with Crippen LogP contribution in [-0.2, 0) is 11.2 Å². The molecule has 0 aliphatic heterocycles. The van der Waals surface area contributed by atoms with Crippen LogP contribution >= 0.6 is 0 Å². The van der Waals surface area contributed by atoms with Crippen LogP contribution in [0.15, 0.2) is 30.9 Å². The van der Waals surface area contributed by atoms with Gasteiger partial charge in [-0.2, -0.15) is 0 Å². The fourth-order valence-corrected chi connectivity index (χ4v) is 3.30. The fourth-order valence-electron chi connectivity index (χ4n) is 3.30. The van der Waals surface area contributed by atoms with Crippen LogP contribution in [-0.4, -0.2) is 25.7 Å². The van der Waals surface area contributed by atoms with Gasteiger partial charge in [0.25, 0.3) is 5.91 Å². The van der Waals surface area contributed by atoms with Crippen molar-refractivity contribution in [1.82, 2.24) is 5.32 Å². The van der Waals surface area contributed by atoms with Gasteiger partial charge in [0.1, 0.15) is 0 Å². The highest BCUT2D eigenvalue weighted by Gasteiger charge is 2.28. The van der Waals surface area contributed by atoms with E-state index in [1.807, 2.05) is 24.3 Å². The summed E-state index contributed by atoms with van der Waals surface area (Å²) in [6.07, 6.45) is 6.09. The Labute approximate surface area is 145 Å². The van der Waals surface area contributed by atoms with E-state index in [0.717, 1.165) is 18.4 Å². The van der Waals surface area contributed by atoms with Gasteiger partial charge in [0.2, 0.25) is 0 Å². The summed E-state index contributed by atoms with van der Waals surface area (Å²) in [5.41, 5.74) is 1.10. The maximum Gasteiger partial charge on any atom is 0.258 e. The smallest absolute Gasteiger partial charge is 0.258 e. The Hall–Kier alpha value is -1.97. The molecule has 1 N–H and O–H groups in total. The first-order valence-electron chi connectivity index (χ1n) is 8.75. The topological polar surface area (TPSA) is 47.6 Å². The fraction of sp³-hybridized carbons (Fsp3) is 0.550. The summed E-state index contributed by atoms with van der Waals surface area (Å²) >= 11 is 0. The van der Waals surface area contributed by atoms with Crippen LogP contribution in [0.3, 0.4) is 0 Å². The Morgan fingerprint density at radius 2 is 2.12 bits per heavy atom. The maximum absolute atomic E-state index is 12.2. The lowest BCUT2D eigenvalue weighted by molar-refractivity contribution is -0.124. The van der Waals surface area contributed by atoms with Gasteiger partial charge in [0, 0.05) is 6.04 Å². The van der Waals surface area contributed by atoms with Crippen molar-refractivity contribution in [1.29, 1.82) is 0 Å². The van der Waals surface area contributed by atoms with Gasteiger partial charge in [0.05, 0.1) is 7.11 Å². The van der Waals surface area contributed by atoms with Gasteiger partial charge in [-0.15, -0.1) is 6.58 Å². The molecule has 1 aromatic rings. The average Bonchev–Trinajstić information content (AvgIpc) is 2.58. The number of methoxy groups -OCH3 is 1. The molecule has 1 aliphatic carbocycles. The van der Waals surface area contributed by atoms with Gasteiger partial charge in [0.15, 0.2) is 18.1 Å². The Balaban J connectivity index is 1.90. The average molecular weight is 331 g/mol. The molecule has 1 aromatic carbocycles. The number of benzene rings is 1. The molecule has 1 fully saturated rings. The first kappa shape index (κ1) is 18.4. The third-order valence-electron chi connectivity index (χ3n) is 5.02. The standard InChI is InChI=1S/C20H29NO3/c1-5-7-16-10-11-18(19(12-16)23-4)24-13-20(22)21-17-9-6-8-14(2)15(17)3/h5,10-12,14-15,17H,1,6-9,13H2,2-4H3,(H,21,22). The van der Waals surface area contributed by atoms with Crippen molar-refractivity contribution in [2.75, 3.05) is 13.7 Å². The predicted octanol–water partition coefficient (Wildman–Crippen LogP) is 3.74. The normalized spacial score (nSPS) is 23.4. The maximum atomic E-state index is 12.2. The van der Waals surface area contributed by atoms with Crippen molar-refractivity contribution in [2.24, 2.45) is 11.8 Å². The Bertz CT molecular complexity index is 570. The van der Waals surface area contributed by atoms with Crippen molar-refractivity contribution in [3.8, 4) is 11.5 Å². The lowest BCUT2D eigenvalue weighted by atomic mass is 9.78. The third kappa shape index (κ3) is 4.76. The van der Waals surface area contributed by atoms with Crippen LogP contribution in [0.1, 0.15) is 38.7 Å². The van der Waals surface area contributed by atoms with E-state index in [1.54, 1.807) is 7.11 Å². The van der Waals surface area contributed by atoms with Crippen LogP contribution in [0.4, 0.5) is 0 Å². The highest BCUT2D eigenvalue weighted by atomic mass is 16.5. The lowest BCUT2D eigenvalue weighted by Crippen LogP contribution is -2.45. The summed E-state index contributed by atoms with van der Waals surface area (Å²) in [7, 11) is 1.60. The molecule has 0 aromatic heterocycles. The minimum atomic E-state index is -0.0711. The van der Waals surface area contributed by atoms with Crippen molar-refractivity contribution in [2.45, 2.75) is 45.6 Å². The van der Waals surface area contributed by atoms with Crippen molar-refractivity contribution < 1.29 is 14.3 Å². The van der Waals surface area contributed by atoms with Gasteiger partial charge in [-0.1, -0.05) is 38.8 Å². The summed E-state index contributed by atoms with van der Waals surface area (Å²) in [5, 5.41) is 3.12. The molecule has 0 bridgehead atoms. The second-order valence-corrected chi connectivity index (χ2v) is 6.71. The zero-order chi connectivity index (χ0) is 17.5. The SMILES string of the molecule is C=CCc1ccc(OCC(=O)NC2CCCC(C)C2C)c(OC)c1.